The van der Waals surface area contributed by atoms with E-state index in [1.807, 2.05) is 97.9 Å². The van der Waals surface area contributed by atoms with Crippen molar-refractivity contribution in [2.75, 3.05) is 0 Å². The number of nitrogens with zero attached hydrogens (tertiary/aromatic N) is 4. The molecule has 1 unspecified atom stereocenters. The van der Waals surface area contributed by atoms with Gasteiger partial charge in [-0.05, 0) is 246 Å². The molecule has 0 fully saturated rings. The summed E-state index contributed by atoms with van der Waals surface area (Å²) in [7, 11) is 0. The Kier molecular flexibility index (Phi) is 24.0. The Morgan fingerprint density at radius 2 is 0.882 bits per heavy atom. The van der Waals surface area contributed by atoms with Crippen molar-refractivity contribution in [2.45, 2.75) is 131 Å². The number of hydrogen-bond donors (Lipinski definition) is 1. The van der Waals surface area contributed by atoms with Gasteiger partial charge in [-0.15, -0.1) is 22.7 Å². The fourth-order valence-corrected chi connectivity index (χ4v) is 12.6. The first-order chi connectivity index (χ1) is 43.9. The molecule has 0 bridgehead atoms. The molecular formula is C81H85Cl2N5O3S2. The minimum absolute atomic E-state index is 0. The van der Waals surface area contributed by atoms with Gasteiger partial charge in [0.2, 0.25) is 0 Å². The first kappa shape index (κ1) is 70.2. The van der Waals surface area contributed by atoms with Gasteiger partial charge in [0.25, 0.3) is 0 Å². The molecule has 1 N–H and O–H groups in total. The maximum Gasteiger partial charge on any atom is 0.134 e. The van der Waals surface area contributed by atoms with Crippen LogP contribution in [0.5, 0.6) is 5.75 Å². The maximum atomic E-state index is 5.96. The van der Waals surface area contributed by atoms with E-state index < -0.39 is 0 Å². The van der Waals surface area contributed by atoms with Crippen LogP contribution in [0.3, 0.4) is 0 Å². The Morgan fingerprint density at radius 3 is 1.55 bits per heavy atom. The standard InChI is InChI=1S/C12H12.C11H11N.C10H9ClO.C10H12O.C10H10O.C9H8ClNS.C9H10N2.C9H9NS.CH4/c1-9-3-5-12-8-10(2)4-6-11(12)7-9;1-8-3-6-11-10(7-8)5-4-9(2)12-11;1-6-3-10-8(5-9(6)11)4-7(2)12-10;2*1-7-3-4-10-9(5-7)6-8(2)11-10;1-5-3-9-8(4-7(5)10)11-6(2)12-9;1-6-3-4-8-9(5-6)11-7(2)10-8;1-6-3-4-9-8(5-6)10-7(2)11-9;/h3-8H,1-2H3;3-7H,1-2H3;3-5H,1-2H3;3-5,8H,6H2,1-2H3;3-6H,1-2H3;3-4H,1-2H3;3-5H,1-2H3,(H,10,11);3-5H,1-2H3;1H4. The number of imidazole rings is 1. The summed E-state index contributed by atoms with van der Waals surface area (Å²) in [6.07, 6.45) is 1.43. The van der Waals surface area contributed by atoms with Gasteiger partial charge in [0.1, 0.15) is 40.4 Å². The third-order valence-electron chi connectivity index (χ3n) is 15.1. The molecule has 0 amide bonds. The number of fused-ring (bicyclic) bond motifs is 8. The molecule has 0 radical (unpaired) electrons. The van der Waals surface area contributed by atoms with E-state index >= 15 is 0 Å². The van der Waals surface area contributed by atoms with Crippen molar-refractivity contribution in [1.82, 2.24) is 24.9 Å². The Labute approximate surface area is 566 Å². The molecule has 9 aromatic carbocycles. The SMILES string of the molecule is C.Cc1cc2cc(Cl)c(C)cc2o1.Cc1ccc2c(c1)CC(C)O2.Cc1ccc2cc(C)ccc2c1.Cc1ccc2nc(C)[nH]c2c1.Cc1ccc2nc(C)ccc2c1.Cc1ccc2oc(C)cc2c1.Cc1ccc2sc(C)nc2c1.Cc1nc2cc(Cl)c(C)cc2s1. The fourth-order valence-electron chi connectivity index (χ4n) is 10.5. The molecule has 1 aliphatic rings. The minimum Gasteiger partial charge on any atom is -0.490 e. The molecule has 16 rings (SSSR count). The maximum absolute atomic E-state index is 5.96. The molecule has 0 spiro atoms. The van der Waals surface area contributed by atoms with Gasteiger partial charge in [0.05, 0.1) is 47.0 Å². The molecule has 6 aromatic heterocycles. The normalized spacial score (nSPS) is 11.8. The van der Waals surface area contributed by atoms with Crippen LogP contribution in [0.15, 0.2) is 185 Å². The summed E-state index contributed by atoms with van der Waals surface area (Å²) in [5.41, 5.74) is 21.0. The van der Waals surface area contributed by atoms with Crippen molar-refractivity contribution in [3.8, 4) is 5.75 Å². The monoisotopic (exact) mass is 1310 g/mol. The van der Waals surface area contributed by atoms with Gasteiger partial charge in [-0.1, -0.05) is 137 Å². The molecular weight excluding hydrogens is 1230 g/mol. The zero-order valence-corrected chi connectivity index (χ0v) is 58.8. The van der Waals surface area contributed by atoms with E-state index in [9.17, 15) is 0 Å². The van der Waals surface area contributed by atoms with E-state index in [1.54, 1.807) is 22.7 Å². The third-order valence-corrected chi connectivity index (χ3v) is 17.8. The first-order valence-corrected chi connectivity index (χ1v) is 33.3. The van der Waals surface area contributed by atoms with Crippen LogP contribution in [-0.4, -0.2) is 31.0 Å². The molecule has 0 saturated carbocycles. The van der Waals surface area contributed by atoms with Crippen LogP contribution in [0.1, 0.15) is 103 Å². The summed E-state index contributed by atoms with van der Waals surface area (Å²) in [6.45, 7) is 32.7. The number of aromatic amines is 1. The van der Waals surface area contributed by atoms with E-state index in [1.165, 1.54) is 75.5 Å². The highest BCUT2D eigenvalue weighted by Crippen LogP contribution is 2.31. The van der Waals surface area contributed by atoms with Crippen molar-refractivity contribution >= 4 is 121 Å². The topological polar surface area (TPSA) is 103 Å². The molecule has 7 heterocycles. The van der Waals surface area contributed by atoms with Gasteiger partial charge in [-0.25, -0.2) is 15.0 Å². The van der Waals surface area contributed by atoms with Gasteiger partial charge < -0.3 is 18.6 Å². The van der Waals surface area contributed by atoms with Crippen LogP contribution >= 0.6 is 45.9 Å². The van der Waals surface area contributed by atoms with E-state index in [2.05, 4.69) is 214 Å². The molecule has 15 aromatic rings. The van der Waals surface area contributed by atoms with Crippen LogP contribution in [0.2, 0.25) is 10.0 Å². The quantitative estimate of drug-likeness (QED) is 0.161. The molecule has 478 valence electrons. The van der Waals surface area contributed by atoms with Crippen LogP contribution in [-0.2, 0) is 6.42 Å². The second-order valence-electron chi connectivity index (χ2n) is 24.0. The van der Waals surface area contributed by atoms with E-state index in [0.29, 0.717) is 6.10 Å². The molecule has 1 atom stereocenters. The highest BCUT2D eigenvalue weighted by atomic mass is 35.5. The number of nitrogens with one attached hydrogen (secondary N) is 1. The summed E-state index contributed by atoms with van der Waals surface area (Å²) >= 11 is 15.4. The molecule has 8 nitrogen and oxygen atoms in total. The number of pyridine rings is 1. The second kappa shape index (κ2) is 31.8. The summed E-state index contributed by atoms with van der Waals surface area (Å²) < 4.78 is 18.9. The van der Waals surface area contributed by atoms with Crippen molar-refractivity contribution in [3.05, 3.63) is 275 Å². The number of rotatable bonds is 0. The highest BCUT2D eigenvalue weighted by molar-refractivity contribution is 7.18. The van der Waals surface area contributed by atoms with E-state index in [-0.39, 0.29) is 7.43 Å². The lowest BCUT2D eigenvalue weighted by Gasteiger charge is -2.01. The Bertz CT molecular complexity index is 4520. The number of aryl methyl sites for hydroxylation is 15. The summed E-state index contributed by atoms with van der Waals surface area (Å²) in [5.74, 6) is 3.95. The average molecular weight is 1310 g/mol. The van der Waals surface area contributed by atoms with Gasteiger partial charge in [-0.3, -0.25) is 4.98 Å². The smallest absolute Gasteiger partial charge is 0.134 e. The Balaban J connectivity index is 0.000000136. The van der Waals surface area contributed by atoms with Crippen molar-refractivity contribution in [1.29, 1.82) is 0 Å². The zero-order valence-electron chi connectivity index (χ0n) is 55.6. The van der Waals surface area contributed by atoms with Crippen LogP contribution in [0.25, 0.3) is 75.1 Å². The number of H-pyrrole nitrogens is 1. The summed E-state index contributed by atoms with van der Waals surface area (Å²) in [4.78, 5) is 20.6. The number of halogens is 2. The fraction of sp³-hybridized carbons (Fsp3) is 0.235. The summed E-state index contributed by atoms with van der Waals surface area (Å²) in [5, 5.41) is 9.99. The lowest BCUT2D eigenvalue weighted by atomic mass is 10.1. The van der Waals surface area contributed by atoms with Crippen molar-refractivity contribution < 1.29 is 13.6 Å². The minimum atomic E-state index is 0. The number of ether oxygens (including phenoxy) is 1. The number of benzene rings is 9. The van der Waals surface area contributed by atoms with Crippen LogP contribution in [0, 0.1) is 104 Å². The molecule has 12 heteroatoms. The lowest BCUT2D eigenvalue weighted by molar-refractivity contribution is 0.254. The van der Waals surface area contributed by atoms with Crippen LogP contribution < -0.4 is 4.74 Å². The van der Waals surface area contributed by atoms with Crippen molar-refractivity contribution in [3.63, 3.8) is 0 Å². The highest BCUT2D eigenvalue weighted by Gasteiger charge is 2.18. The predicted molar refractivity (Wildman–Crippen MR) is 401 cm³/mol. The Hall–Kier alpha value is -8.64. The lowest BCUT2D eigenvalue weighted by Crippen LogP contribution is -2.05. The van der Waals surface area contributed by atoms with Crippen LogP contribution in [0.4, 0.5) is 0 Å². The van der Waals surface area contributed by atoms with E-state index in [4.69, 9.17) is 36.8 Å². The average Bonchev–Trinajstić information content (AvgIpc) is 2.29. The third kappa shape index (κ3) is 19.7. The van der Waals surface area contributed by atoms with Gasteiger partial charge in [0, 0.05) is 38.3 Å². The number of furan rings is 2. The first-order valence-electron chi connectivity index (χ1n) is 30.9. The Morgan fingerprint density at radius 1 is 0.398 bits per heavy atom. The van der Waals surface area contributed by atoms with Gasteiger partial charge in [0.15, 0.2) is 0 Å². The number of aromatic nitrogens is 5. The summed E-state index contributed by atoms with van der Waals surface area (Å²) in [6, 6.07) is 60.7. The predicted octanol–water partition coefficient (Wildman–Crippen LogP) is 24.7. The largest absolute Gasteiger partial charge is 0.490 e. The van der Waals surface area contributed by atoms with Crippen molar-refractivity contribution in [2.24, 2.45) is 0 Å². The van der Waals surface area contributed by atoms with Gasteiger partial charge >= 0.3 is 0 Å². The zero-order chi connectivity index (χ0) is 65.9. The molecule has 93 heavy (non-hydrogen) atoms. The molecule has 0 saturated heterocycles. The number of thiazole rings is 2. The number of hydrogen-bond acceptors (Lipinski definition) is 9. The molecule has 0 aliphatic carbocycles. The molecule has 1 aliphatic heterocycles. The van der Waals surface area contributed by atoms with Gasteiger partial charge in [-0.2, -0.15) is 0 Å². The second-order valence-corrected chi connectivity index (χ2v) is 27.3. The van der Waals surface area contributed by atoms with E-state index in [0.717, 1.165) is 111 Å².